The minimum Gasteiger partial charge on any atom is -0.493 e. The van der Waals surface area contributed by atoms with Crippen LogP contribution < -0.4 is 19.7 Å². The number of nitrogens with zero attached hydrogens (tertiary/aromatic N) is 3. The molecule has 4 rings (SSSR count). The van der Waals surface area contributed by atoms with Gasteiger partial charge in [-0.05, 0) is 31.5 Å². The number of amides is 2. The maximum absolute atomic E-state index is 15.6. The normalized spacial score (nSPS) is 19.4. The molecule has 0 saturated carbocycles. The van der Waals surface area contributed by atoms with Crippen LogP contribution in [0.2, 0.25) is 0 Å². The number of piperidine rings is 1. The number of halogens is 3. The summed E-state index contributed by atoms with van der Waals surface area (Å²) in [7, 11) is 4.30. The molecule has 2 amide bonds. The molecular weight excluding hydrogens is 461 g/mol. The summed E-state index contributed by atoms with van der Waals surface area (Å²) in [4.78, 5) is 14.5. The van der Waals surface area contributed by atoms with Gasteiger partial charge in [-0.3, -0.25) is 0 Å². The van der Waals surface area contributed by atoms with Crippen molar-refractivity contribution in [2.24, 2.45) is 5.10 Å². The Morgan fingerprint density at radius 3 is 2.37 bits per heavy atom. The van der Waals surface area contributed by atoms with E-state index in [4.69, 9.17) is 9.47 Å². The van der Waals surface area contributed by atoms with Crippen LogP contribution in [0.4, 0.5) is 23.7 Å². The van der Waals surface area contributed by atoms with Crippen molar-refractivity contribution in [1.29, 1.82) is 0 Å². The molecule has 1 N–H and O–H groups in total. The SMILES string of the molecule is CNC(=O)N1N=C(c2ccc(N3CCC(F)(F)CC3)cc2)c2cc(OC)c(OC)c(F)c2CC1C. The van der Waals surface area contributed by atoms with Crippen LogP contribution in [0.25, 0.3) is 0 Å². The van der Waals surface area contributed by atoms with Crippen LogP contribution in [-0.2, 0) is 6.42 Å². The predicted molar refractivity (Wildman–Crippen MR) is 127 cm³/mol. The van der Waals surface area contributed by atoms with Crippen LogP contribution in [-0.4, -0.2) is 63.1 Å². The minimum absolute atomic E-state index is 0.0107. The van der Waals surface area contributed by atoms with Crippen LogP contribution in [0, 0.1) is 5.82 Å². The average Bonchev–Trinajstić information content (AvgIpc) is 3.00. The van der Waals surface area contributed by atoms with E-state index < -0.39 is 23.8 Å². The van der Waals surface area contributed by atoms with E-state index >= 15 is 4.39 Å². The summed E-state index contributed by atoms with van der Waals surface area (Å²) in [5, 5.41) is 8.51. The lowest BCUT2D eigenvalue weighted by Gasteiger charge is -2.33. The fourth-order valence-corrected chi connectivity index (χ4v) is 4.54. The smallest absolute Gasteiger partial charge is 0.337 e. The lowest BCUT2D eigenvalue weighted by Crippen LogP contribution is -2.41. The number of rotatable bonds is 4. The number of benzene rings is 2. The molecule has 0 spiro atoms. The maximum Gasteiger partial charge on any atom is 0.337 e. The second-order valence-electron chi connectivity index (χ2n) is 8.74. The fourth-order valence-electron chi connectivity index (χ4n) is 4.54. The first-order valence-electron chi connectivity index (χ1n) is 11.5. The number of carbonyl (C=O) groups excluding carboxylic acids is 1. The molecule has 0 bridgehead atoms. The molecule has 1 fully saturated rings. The highest BCUT2D eigenvalue weighted by Gasteiger charge is 2.34. The third kappa shape index (κ3) is 4.74. The van der Waals surface area contributed by atoms with Gasteiger partial charge < -0.3 is 19.7 Å². The van der Waals surface area contributed by atoms with Crippen molar-refractivity contribution in [3.8, 4) is 11.5 Å². The van der Waals surface area contributed by atoms with E-state index in [0.29, 0.717) is 22.4 Å². The topological polar surface area (TPSA) is 66.4 Å². The monoisotopic (exact) mass is 490 g/mol. The molecule has 2 aliphatic rings. The van der Waals surface area contributed by atoms with Gasteiger partial charge in [0.1, 0.15) is 0 Å². The number of methoxy groups -OCH3 is 2. The van der Waals surface area contributed by atoms with Gasteiger partial charge in [0.25, 0.3) is 5.92 Å². The molecule has 2 heterocycles. The summed E-state index contributed by atoms with van der Waals surface area (Å²) in [5.41, 5.74) is 2.71. The quantitative estimate of drug-likeness (QED) is 0.689. The van der Waals surface area contributed by atoms with Gasteiger partial charge >= 0.3 is 6.03 Å². The van der Waals surface area contributed by atoms with Gasteiger partial charge in [0.2, 0.25) is 0 Å². The fraction of sp³-hybridized carbons (Fsp3) is 0.440. The molecule has 0 radical (unpaired) electrons. The Morgan fingerprint density at radius 2 is 1.80 bits per heavy atom. The van der Waals surface area contributed by atoms with E-state index in [1.165, 1.54) is 26.3 Å². The number of hydrazone groups is 1. The molecule has 35 heavy (non-hydrogen) atoms. The Balaban J connectivity index is 1.79. The van der Waals surface area contributed by atoms with Gasteiger partial charge in [0.05, 0.1) is 26.0 Å². The Hall–Kier alpha value is -3.43. The molecule has 0 aromatic heterocycles. The van der Waals surface area contributed by atoms with Crippen molar-refractivity contribution < 1.29 is 27.4 Å². The summed E-state index contributed by atoms with van der Waals surface area (Å²) in [6.07, 6.45) is -0.161. The standard InChI is InChI=1S/C25H29F3N4O3/c1-15-13-18-19(14-20(34-3)23(35-4)21(18)26)22(30-32(15)24(33)29-2)16-5-7-17(8-6-16)31-11-9-25(27,28)10-12-31/h5-8,14-15H,9-13H2,1-4H3,(H,29,33). The lowest BCUT2D eigenvalue weighted by atomic mass is 9.93. The number of carbonyl (C=O) groups is 1. The van der Waals surface area contributed by atoms with E-state index in [2.05, 4.69) is 10.4 Å². The lowest BCUT2D eigenvalue weighted by molar-refractivity contribution is -0.0220. The highest BCUT2D eigenvalue weighted by atomic mass is 19.3. The summed E-state index contributed by atoms with van der Waals surface area (Å²) in [6, 6.07) is 8.07. The molecule has 1 saturated heterocycles. The number of nitrogens with one attached hydrogen (secondary N) is 1. The van der Waals surface area contributed by atoms with Gasteiger partial charge in [-0.2, -0.15) is 5.10 Å². The van der Waals surface area contributed by atoms with Crippen molar-refractivity contribution in [3.05, 3.63) is 52.8 Å². The van der Waals surface area contributed by atoms with Crippen LogP contribution in [0.15, 0.2) is 35.4 Å². The summed E-state index contributed by atoms with van der Waals surface area (Å²) in [6.45, 7) is 2.32. The molecule has 0 aliphatic carbocycles. The molecule has 188 valence electrons. The van der Waals surface area contributed by atoms with Gasteiger partial charge in [0.15, 0.2) is 17.3 Å². The highest BCUT2D eigenvalue weighted by molar-refractivity contribution is 6.14. The van der Waals surface area contributed by atoms with Gasteiger partial charge in [-0.25, -0.2) is 23.0 Å². The van der Waals surface area contributed by atoms with E-state index in [1.54, 1.807) is 25.1 Å². The summed E-state index contributed by atoms with van der Waals surface area (Å²) < 4.78 is 53.3. The van der Waals surface area contributed by atoms with Crippen molar-refractivity contribution >= 4 is 17.4 Å². The summed E-state index contributed by atoms with van der Waals surface area (Å²) in [5.74, 6) is -2.99. The number of hydrogen-bond donors (Lipinski definition) is 1. The zero-order chi connectivity index (χ0) is 25.3. The number of alkyl halides is 2. The van der Waals surface area contributed by atoms with Crippen molar-refractivity contribution in [3.63, 3.8) is 0 Å². The third-order valence-electron chi connectivity index (χ3n) is 6.52. The van der Waals surface area contributed by atoms with Crippen molar-refractivity contribution in [1.82, 2.24) is 10.3 Å². The van der Waals surface area contributed by atoms with Gasteiger partial charge in [-0.15, -0.1) is 0 Å². The first-order valence-corrected chi connectivity index (χ1v) is 11.5. The average molecular weight is 491 g/mol. The first kappa shape index (κ1) is 24.7. The minimum atomic E-state index is -2.63. The van der Waals surface area contributed by atoms with Crippen LogP contribution in [0.3, 0.4) is 0 Å². The number of ether oxygens (including phenoxy) is 2. The van der Waals surface area contributed by atoms with E-state index in [-0.39, 0.29) is 43.9 Å². The highest BCUT2D eigenvalue weighted by Crippen LogP contribution is 2.38. The van der Waals surface area contributed by atoms with Gasteiger partial charge in [-0.1, -0.05) is 12.1 Å². The number of anilines is 1. The number of urea groups is 1. The zero-order valence-corrected chi connectivity index (χ0v) is 20.2. The Bertz CT molecular complexity index is 1130. The third-order valence-corrected chi connectivity index (χ3v) is 6.52. The number of fused-ring (bicyclic) bond motifs is 1. The second-order valence-corrected chi connectivity index (χ2v) is 8.74. The van der Waals surface area contributed by atoms with Crippen molar-refractivity contribution in [2.45, 2.75) is 38.2 Å². The van der Waals surface area contributed by atoms with E-state index in [1.807, 2.05) is 17.0 Å². The predicted octanol–water partition coefficient (Wildman–Crippen LogP) is 4.42. The Kier molecular flexibility index (Phi) is 6.82. The van der Waals surface area contributed by atoms with E-state index in [9.17, 15) is 13.6 Å². The summed E-state index contributed by atoms with van der Waals surface area (Å²) >= 11 is 0. The molecule has 2 aromatic carbocycles. The molecule has 7 nitrogen and oxygen atoms in total. The molecule has 2 aromatic rings. The van der Waals surface area contributed by atoms with Gasteiger partial charge in [0, 0.05) is 55.4 Å². The maximum atomic E-state index is 15.6. The van der Waals surface area contributed by atoms with Crippen LogP contribution in [0.5, 0.6) is 11.5 Å². The van der Waals surface area contributed by atoms with E-state index in [0.717, 1.165) is 5.69 Å². The van der Waals surface area contributed by atoms with Crippen LogP contribution >= 0.6 is 0 Å². The Morgan fingerprint density at radius 1 is 1.14 bits per heavy atom. The first-order chi connectivity index (χ1) is 16.7. The molecule has 10 heteroatoms. The molecule has 1 atom stereocenters. The molecule has 2 aliphatic heterocycles. The zero-order valence-electron chi connectivity index (χ0n) is 20.2. The Labute approximate surface area is 202 Å². The largest absolute Gasteiger partial charge is 0.493 e. The second kappa shape index (κ2) is 9.67. The van der Waals surface area contributed by atoms with Crippen LogP contribution in [0.1, 0.15) is 36.5 Å². The molecular formula is C25H29F3N4O3. The molecule has 1 unspecified atom stereocenters. The van der Waals surface area contributed by atoms with Crippen molar-refractivity contribution in [2.75, 3.05) is 39.3 Å². The number of hydrogen-bond acceptors (Lipinski definition) is 5.